The van der Waals surface area contributed by atoms with Gasteiger partial charge in [0.15, 0.2) is 5.16 Å². The molecule has 3 heterocycles. The zero-order valence-corrected chi connectivity index (χ0v) is 18.4. The summed E-state index contributed by atoms with van der Waals surface area (Å²) in [5.41, 5.74) is 2.41. The molecule has 5 nitrogen and oxygen atoms in total. The Morgan fingerprint density at radius 3 is 2.97 bits per heavy atom. The second-order valence-electron chi connectivity index (χ2n) is 7.68. The van der Waals surface area contributed by atoms with E-state index in [1.54, 1.807) is 23.1 Å². The van der Waals surface area contributed by atoms with E-state index in [1.807, 2.05) is 6.92 Å². The van der Waals surface area contributed by atoms with Crippen LogP contribution >= 0.6 is 23.1 Å². The van der Waals surface area contributed by atoms with Gasteiger partial charge in [-0.25, -0.2) is 0 Å². The fourth-order valence-corrected chi connectivity index (χ4v) is 5.53. The van der Waals surface area contributed by atoms with E-state index in [2.05, 4.69) is 51.3 Å². The lowest BCUT2D eigenvalue weighted by Crippen LogP contribution is -2.05. The summed E-state index contributed by atoms with van der Waals surface area (Å²) in [6.07, 6.45) is 4.48. The molecule has 1 aliphatic heterocycles. The summed E-state index contributed by atoms with van der Waals surface area (Å²) >= 11 is 3.52. The van der Waals surface area contributed by atoms with Crippen LogP contribution in [0, 0.1) is 0 Å². The molecule has 152 valence electrons. The molecule has 0 spiro atoms. The second-order valence-corrected chi connectivity index (χ2v) is 9.65. The molecule has 1 atom stereocenters. The standard InChI is InChI=1S/C22H25N3O2S2/c1-3-26-19-10-15-9-14(2)27-20(15)11-16(19)13-29-22-24-23-21(25(22)17-6-7-17)12-18-5-4-8-28-18/h4-5,8,10-11,14,17H,3,6-7,9,12-13H2,1-2H3. The largest absolute Gasteiger partial charge is 0.494 e. The highest BCUT2D eigenvalue weighted by molar-refractivity contribution is 7.98. The van der Waals surface area contributed by atoms with E-state index >= 15 is 0 Å². The maximum Gasteiger partial charge on any atom is 0.191 e. The summed E-state index contributed by atoms with van der Waals surface area (Å²) in [4.78, 5) is 1.33. The first kappa shape index (κ1) is 19.0. The Labute approximate surface area is 179 Å². The van der Waals surface area contributed by atoms with Gasteiger partial charge in [0.2, 0.25) is 0 Å². The van der Waals surface area contributed by atoms with Crippen LogP contribution < -0.4 is 9.47 Å². The number of thioether (sulfide) groups is 1. The number of fused-ring (bicyclic) bond motifs is 1. The molecule has 1 aromatic carbocycles. The lowest BCUT2D eigenvalue weighted by Gasteiger charge is -2.13. The normalized spacial score (nSPS) is 17.9. The highest BCUT2D eigenvalue weighted by Gasteiger charge is 2.30. The molecule has 1 fully saturated rings. The Kier molecular flexibility index (Phi) is 5.26. The minimum atomic E-state index is 0.236. The average molecular weight is 428 g/mol. The predicted molar refractivity (Wildman–Crippen MR) is 116 cm³/mol. The summed E-state index contributed by atoms with van der Waals surface area (Å²) in [5, 5.41) is 12.2. The van der Waals surface area contributed by atoms with E-state index in [0.29, 0.717) is 12.6 Å². The molecule has 1 saturated carbocycles. The molecule has 0 bridgehead atoms. The van der Waals surface area contributed by atoms with E-state index in [9.17, 15) is 0 Å². The Bertz CT molecular complexity index is 996. The van der Waals surface area contributed by atoms with Crippen molar-refractivity contribution < 1.29 is 9.47 Å². The number of aromatic nitrogens is 3. The van der Waals surface area contributed by atoms with E-state index in [4.69, 9.17) is 9.47 Å². The minimum Gasteiger partial charge on any atom is -0.494 e. The number of hydrogen-bond acceptors (Lipinski definition) is 6. The van der Waals surface area contributed by atoms with Crippen LogP contribution in [0.25, 0.3) is 0 Å². The van der Waals surface area contributed by atoms with Crippen LogP contribution in [0.3, 0.4) is 0 Å². The van der Waals surface area contributed by atoms with Gasteiger partial charge in [-0.3, -0.25) is 0 Å². The third kappa shape index (κ3) is 4.03. The molecular weight excluding hydrogens is 402 g/mol. The molecule has 1 unspecified atom stereocenters. The van der Waals surface area contributed by atoms with Crippen molar-refractivity contribution >= 4 is 23.1 Å². The number of ether oxygens (including phenoxy) is 2. The van der Waals surface area contributed by atoms with Crippen LogP contribution in [0.1, 0.15) is 54.6 Å². The predicted octanol–water partition coefficient (Wildman–Crippen LogP) is 5.28. The fourth-order valence-electron chi connectivity index (χ4n) is 3.82. The summed E-state index contributed by atoms with van der Waals surface area (Å²) in [5.74, 6) is 3.84. The maximum atomic E-state index is 5.97. The molecule has 2 aromatic heterocycles. The summed E-state index contributed by atoms with van der Waals surface area (Å²) in [7, 11) is 0. The van der Waals surface area contributed by atoms with Gasteiger partial charge in [-0.15, -0.1) is 21.5 Å². The molecule has 0 N–H and O–H groups in total. The number of rotatable bonds is 8. The van der Waals surface area contributed by atoms with Gasteiger partial charge in [0, 0.05) is 40.6 Å². The number of thiophene rings is 1. The number of benzene rings is 1. The maximum absolute atomic E-state index is 5.97. The molecule has 5 rings (SSSR count). The molecule has 1 aliphatic carbocycles. The molecule has 0 radical (unpaired) electrons. The molecule has 7 heteroatoms. The van der Waals surface area contributed by atoms with Gasteiger partial charge in [0.25, 0.3) is 0 Å². The summed E-state index contributed by atoms with van der Waals surface area (Å²) in [6, 6.07) is 9.13. The highest BCUT2D eigenvalue weighted by Crippen LogP contribution is 2.41. The van der Waals surface area contributed by atoms with Crippen LogP contribution in [-0.2, 0) is 18.6 Å². The van der Waals surface area contributed by atoms with Crippen LogP contribution in [-0.4, -0.2) is 27.5 Å². The first-order chi connectivity index (χ1) is 14.2. The quantitative estimate of drug-likeness (QED) is 0.458. The molecule has 0 saturated heterocycles. The van der Waals surface area contributed by atoms with Crippen molar-refractivity contribution in [3.8, 4) is 11.5 Å². The topological polar surface area (TPSA) is 49.2 Å². The van der Waals surface area contributed by atoms with E-state index in [1.165, 1.54) is 23.3 Å². The van der Waals surface area contributed by atoms with Crippen molar-refractivity contribution in [2.24, 2.45) is 0 Å². The van der Waals surface area contributed by atoms with Crippen molar-refractivity contribution in [1.29, 1.82) is 0 Å². The third-order valence-electron chi connectivity index (χ3n) is 5.30. The van der Waals surface area contributed by atoms with Crippen molar-refractivity contribution in [3.63, 3.8) is 0 Å². The summed E-state index contributed by atoms with van der Waals surface area (Å²) in [6.45, 7) is 4.81. The first-order valence-electron chi connectivity index (χ1n) is 10.3. The Morgan fingerprint density at radius 1 is 1.31 bits per heavy atom. The Morgan fingerprint density at radius 2 is 2.21 bits per heavy atom. The van der Waals surface area contributed by atoms with Gasteiger partial charge in [0.1, 0.15) is 23.4 Å². The molecular formula is C22H25N3O2S2. The molecule has 0 amide bonds. The first-order valence-corrected chi connectivity index (χ1v) is 12.1. The lowest BCUT2D eigenvalue weighted by atomic mass is 10.1. The van der Waals surface area contributed by atoms with Crippen molar-refractivity contribution in [3.05, 3.63) is 51.5 Å². The zero-order chi connectivity index (χ0) is 19.8. The van der Waals surface area contributed by atoms with Gasteiger partial charge in [-0.2, -0.15) is 0 Å². The molecule has 2 aliphatic rings. The monoisotopic (exact) mass is 427 g/mol. The van der Waals surface area contributed by atoms with E-state index < -0.39 is 0 Å². The smallest absolute Gasteiger partial charge is 0.191 e. The van der Waals surface area contributed by atoms with E-state index in [0.717, 1.165) is 46.6 Å². The van der Waals surface area contributed by atoms with Crippen LogP contribution in [0.5, 0.6) is 11.5 Å². The number of hydrogen-bond donors (Lipinski definition) is 0. The fraction of sp³-hybridized carbons (Fsp3) is 0.455. The number of nitrogens with zero attached hydrogens (tertiary/aromatic N) is 3. The summed E-state index contributed by atoms with van der Waals surface area (Å²) < 4.78 is 14.3. The third-order valence-corrected chi connectivity index (χ3v) is 7.16. The molecule has 3 aromatic rings. The highest BCUT2D eigenvalue weighted by atomic mass is 32.2. The van der Waals surface area contributed by atoms with Gasteiger partial charge in [-0.1, -0.05) is 17.8 Å². The molecule has 29 heavy (non-hydrogen) atoms. The van der Waals surface area contributed by atoms with Crippen LogP contribution in [0.4, 0.5) is 0 Å². The Balaban J connectivity index is 1.38. The van der Waals surface area contributed by atoms with E-state index in [-0.39, 0.29) is 6.10 Å². The Hall–Kier alpha value is -1.99. The van der Waals surface area contributed by atoms with Gasteiger partial charge in [-0.05, 0) is 50.3 Å². The van der Waals surface area contributed by atoms with Gasteiger partial charge < -0.3 is 14.0 Å². The van der Waals surface area contributed by atoms with Crippen molar-refractivity contribution in [1.82, 2.24) is 14.8 Å². The van der Waals surface area contributed by atoms with Gasteiger partial charge >= 0.3 is 0 Å². The zero-order valence-electron chi connectivity index (χ0n) is 16.8. The van der Waals surface area contributed by atoms with Crippen LogP contribution in [0.15, 0.2) is 34.8 Å². The van der Waals surface area contributed by atoms with Crippen LogP contribution in [0.2, 0.25) is 0 Å². The minimum absolute atomic E-state index is 0.236. The van der Waals surface area contributed by atoms with Crippen molar-refractivity contribution in [2.75, 3.05) is 6.61 Å². The van der Waals surface area contributed by atoms with Gasteiger partial charge in [0.05, 0.1) is 6.61 Å². The SMILES string of the molecule is CCOc1cc2c(cc1CSc1nnc(Cc3cccs3)n1C1CC1)OC(C)C2. The van der Waals surface area contributed by atoms with Crippen molar-refractivity contribution in [2.45, 2.75) is 62.6 Å². The average Bonchev–Trinajstić information content (AvgIpc) is 3.09. The lowest BCUT2D eigenvalue weighted by molar-refractivity contribution is 0.254. The second kappa shape index (κ2) is 8.03.